The van der Waals surface area contributed by atoms with Crippen LogP contribution < -0.4 is 0 Å². The summed E-state index contributed by atoms with van der Waals surface area (Å²) in [7, 11) is 0. The molecule has 0 bridgehead atoms. The second-order valence-corrected chi connectivity index (χ2v) is 3.53. The van der Waals surface area contributed by atoms with Gasteiger partial charge in [-0.15, -0.1) is 5.92 Å². The molecule has 1 fully saturated rings. The van der Waals surface area contributed by atoms with Gasteiger partial charge in [0.25, 0.3) is 0 Å². The van der Waals surface area contributed by atoms with Gasteiger partial charge in [0.05, 0.1) is 6.10 Å². The van der Waals surface area contributed by atoms with Crippen molar-refractivity contribution < 1.29 is 5.11 Å². The number of hydrogen-bond donors (Lipinski definition) is 1. The standard InChI is InChI=1S/C11H18O/c1-2-3-4-7-10-8-5-6-9-11(10)12/h10-12H,2-3,5-6,8-9H2,1H3. The van der Waals surface area contributed by atoms with Crippen LogP contribution in [0.1, 0.15) is 45.4 Å². The molecule has 0 spiro atoms. The summed E-state index contributed by atoms with van der Waals surface area (Å²) < 4.78 is 0. The summed E-state index contributed by atoms with van der Waals surface area (Å²) in [5.41, 5.74) is 0. The first-order valence-corrected chi connectivity index (χ1v) is 5.01. The Morgan fingerprint density at radius 2 is 2.08 bits per heavy atom. The van der Waals surface area contributed by atoms with Gasteiger partial charge < -0.3 is 5.11 Å². The predicted octanol–water partition coefficient (Wildman–Crippen LogP) is 2.34. The van der Waals surface area contributed by atoms with E-state index in [1.807, 2.05) is 0 Å². The van der Waals surface area contributed by atoms with Crippen LogP contribution in [-0.2, 0) is 0 Å². The molecular formula is C11H18O. The van der Waals surface area contributed by atoms with Crippen LogP contribution in [0.25, 0.3) is 0 Å². The molecule has 0 saturated heterocycles. The zero-order valence-corrected chi connectivity index (χ0v) is 7.84. The summed E-state index contributed by atoms with van der Waals surface area (Å²) >= 11 is 0. The normalized spacial score (nSPS) is 29.2. The lowest BCUT2D eigenvalue weighted by Gasteiger charge is -2.22. The fourth-order valence-electron chi connectivity index (χ4n) is 1.61. The molecule has 1 rings (SSSR count). The fourth-order valence-corrected chi connectivity index (χ4v) is 1.61. The van der Waals surface area contributed by atoms with Crippen molar-refractivity contribution in [2.45, 2.75) is 51.6 Å². The first-order chi connectivity index (χ1) is 5.84. The number of aliphatic hydroxyl groups is 1. The molecule has 1 heteroatoms. The summed E-state index contributed by atoms with van der Waals surface area (Å²) in [5, 5.41) is 9.57. The number of aliphatic hydroxyl groups excluding tert-OH is 1. The third-order valence-electron chi connectivity index (χ3n) is 2.39. The molecular weight excluding hydrogens is 148 g/mol. The summed E-state index contributed by atoms with van der Waals surface area (Å²) in [6.45, 7) is 2.13. The van der Waals surface area contributed by atoms with Crippen LogP contribution in [0, 0.1) is 17.8 Å². The topological polar surface area (TPSA) is 20.2 Å². The van der Waals surface area contributed by atoms with E-state index in [2.05, 4.69) is 18.8 Å². The molecule has 2 unspecified atom stereocenters. The molecule has 0 aliphatic heterocycles. The van der Waals surface area contributed by atoms with Gasteiger partial charge in [-0.2, -0.15) is 0 Å². The molecule has 0 amide bonds. The Kier molecular flexibility index (Phi) is 4.18. The van der Waals surface area contributed by atoms with E-state index in [1.54, 1.807) is 0 Å². The molecule has 0 radical (unpaired) electrons. The minimum atomic E-state index is -0.150. The third kappa shape index (κ3) is 2.87. The van der Waals surface area contributed by atoms with E-state index in [4.69, 9.17) is 0 Å². The lowest BCUT2D eigenvalue weighted by Crippen LogP contribution is -2.22. The average molecular weight is 166 g/mol. The molecule has 1 saturated carbocycles. The zero-order valence-electron chi connectivity index (χ0n) is 7.84. The maximum atomic E-state index is 9.57. The maximum absolute atomic E-state index is 9.57. The van der Waals surface area contributed by atoms with Crippen molar-refractivity contribution in [1.29, 1.82) is 0 Å². The van der Waals surface area contributed by atoms with Gasteiger partial charge in [-0.25, -0.2) is 0 Å². The Morgan fingerprint density at radius 3 is 2.75 bits per heavy atom. The minimum Gasteiger partial charge on any atom is -0.392 e. The van der Waals surface area contributed by atoms with Crippen molar-refractivity contribution in [3.05, 3.63) is 0 Å². The highest BCUT2D eigenvalue weighted by Gasteiger charge is 2.20. The Morgan fingerprint density at radius 1 is 1.33 bits per heavy atom. The maximum Gasteiger partial charge on any atom is 0.0677 e. The van der Waals surface area contributed by atoms with E-state index < -0.39 is 0 Å². The number of rotatable bonds is 1. The van der Waals surface area contributed by atoms with E-state index in [1.165, 1.54) is 12.8 Å². The molecule has 0 aromatic heterocycles. The van der Waals surface area contributed by atoms with Crippen molar-refractivity contribution in [2.75, 3.05) is 0 Å². The monoisotopic (exact) mass is 166 g/mol. The molecule has 1 nitrogen and oxygen atoms in total. The Balaban J connectivity index is 2.34. The van der Waals surface area contributed by atoms with Gasteiger partial charge in [-0.05, 0) is 19.3 Å². The van der Waals surface area contributed by atoms with Gasteiger partial charge in [-0.1, -0.05) is 25.7 Å². The molecule has 0 aromatic rings. The van der Waals surface area contributed by atoms with E-state index in [9.17, 15) is 5.11 Å². The van der Waals surface area contributed by atoms with Crippen LogP contribution >= 0.6 is 0 Å². The van der Waals surface area contributed by atoms with Gasteiger partial charge in [0.2, 0.25) is 0 Å². The molecule has 68 valence electrons. The van der Waals surface area contributed by atoms with Gasteiger partial charge in [0, 0.05) is 12.3 Å². The summed E-state index contributed by atoms with van der Waals surface area (Å²) in [6.07, 6.45) is 6.40. The summed E-state index contributed by atoms with van der Waals surface area (Å²) in [4.78, 5) is 0. The highest BCUT2D eigenvalue weighted by Crippen LogP contribution is 2.23. The van der Waals surface area contributed by atoms with Crippen LogP contribution in [0.4, 0.5) is 0 Å². The zero-order chi connectivity index (χ0) is 8.81. The van der Waals surface area contributed by atoms with Crippen LogP contribution in [-0.4, -0.2) is 11.2 Å². The van der Waals surface area contributed by atoms with E-state index in [-0.39, 0.29) is 12.0 Å². The minimum absolute atomic E-state index is 0.150. The van der Waals surface area contributed by atoms with Crippen molar-refractivity contribution in [3.63, 3.8) is 0 Å². The second kappa shape index (κ2) is 5.22. The highest BCUT2D eigenvalue weighted by atomic mass is 16.3. The number of unbranched alkanes of at least 4 members (excludes halogenated alkanes) is 1. The fraction of sp³-hybridized carbons (Fsp3) is 0.818. The van der Waals surface area contributed by atoms with Crippen molar-refractivity contribution in [2.24, 2.45) is 5.92 Å². The lowest BCUT2D eigenvalue weighted by molar-refractivity contribution is 0.0969. The van der Waals surface area contributed by atoms with Crippen molar-refractivity contribution in [3.8, 4) is 11.8 Å². The van der Waals surface area contributed by atoms with Crippen molar-refractivity contribution in [1.82, 2.24) is 0 Å². The third-order valence-corrected chi connectivity index (χ3v) is 2.39. The molecule has 1 aliphatic carbocycles. The lowest BCUT2D eigenvalue weighted by atomic mass is 9.87. The first-order valence-electron chi connectivity index (χ1n) is 5.01. The van der Waals surface area contributed by atoms with Crippen LogP contribution in [0.2, 0.25) is 0 Å². The Hall–Kier alpha value is -0.480. The molecule has 2 atom stereocenters. The largest absolute Gasteiger partial charge is 0.392 e. The summed E-state index contributed by atoms with van der Waals surface area (Å²) in [5.74, 6) is 6.57. The molecule has 0 heterocycles. The summed E-state index contributed by atoms with van der Waals surface area (Å²) in [6, 6.07) is 0. The predicted molar refractivity (Wildman–Crippen MR) is 50.6 cm³/mol. The van der Waals surface area contributed by atoms with Crippen molar-refractivity contribution >= 4 is 0 Å². The molecule has 1 N–H and O–H groups in total. The molecule has 1 aliphatic rings. The van der Waals surface area contributed by atoms with Gasteiger partial charge in [0.1, 0.15) is 0 Å². The Bertz CT molecular complexity index is 175. The van der Waals surface area contributed by atoms with Gasteiger partial charge >= 0.3 is 0 Å². The first kappa shape index (κ1) is 9.61. The quantitative estimate of drug-likeness (QED) is 0.593. The van der Waals surface area contributed by atoms with Crippen LogP contribution in [0.3, 0.4) is 0 Å². The molecule has 0 aromatic carbocycles. The Labute approximate surface area is 75.2 Å². The van der Waals surface area contributed by atoms with Gasteiger partial charge in [-0.3, -0.25) is 0 Å². The highest BCUT2D eigenvalue weighted by molar-refractivity contribution is 5.06. The SMILES string of the molecule is CCCC#CC1CCCCC1O. The van der Waals surface area contributed by atoms with E-state index in [0.29, 0.717) is 0 Å². The second-order valence-electron chi connectivity index (χ2n) is 3.53. The van der Waals surface area contributed by atoms with E-state index >= 15 is 0 Å². The number of hydrogen-bond acceptors (Lipinski definition) is 1. The molecule has 12 heavy (non-hydrogen) atoms. The van der Waals surface area contributed by atoms with E-state index in [0.717, 1.165) is 25.7 Å². The van der Waals surface area contributed by atoms with Gasteiger partial charge in [0.15, 0.2) is 0 Å². The van der Waals surface area contributed by atoms with Crippen LogP contribution in [0.15, 0.2) is 0 Å². The average Bonchev–Trinajstić information content (AvgIpc) is 2.09. The smallest absolute Gasteiger partial charge is 0.0677 e. The van der Waals surface area contributed by atoms with Crippen LogP contribution in [0.5, 0.6) is 0 Å².